The van der Waals surface area contributed by atoms with E-state index < -0.39 is 0 Å². The molecular formula is C26H22N4O3S2. The Labute approximate surface area is 211 Å². The van der Waals surface area contributed by atoms with Crippen LogP contribution < -0.4 is 10.5 Å². The van der Waals surface area contributed by atoms with Crippen molar-refractivity contribution in [3.05, 3.63) is 105 Å². The van der Waals surface area contributed by atoms with Crippen LogP contribution in [0.15, 0.2) is 81.2 Å². The van der Waals surface area contributed by atoms with Gasteiger partial charge in [0.05, 0.1) is 23.3 Å². The van der Waals surface area contributed by atoms with Crippen LogP contribution in [-0.2, 0) is 17.9 Å². The Balaban J connectivity index is 1.59. The first-order valence-electron chi connectivity index (χ1n) is 11.0. The molecule has 0 unspecified atom stereocenters. The van der Waals surface area contributed by atoms with Gasteiger partial charge in [0, 0.05) is 19.8 Å². The quantitative estimate of drug-likeness (QED) is 0.281. The number of nitrogens with zero attached hydrogens (tertiary/aromatic N) is 4. The second kappa shape index (κ2) is 9.52. The highest BCUT2D eigenvalue weighted by Crippen LogP contribution is 2.34. The lowest BCUT2D eigenvalue weighted by Crippen LogP contribution is -2.28. The summed E-state index contributed by atoms with van der Waals surface area (Å²) in [6.45, 7) is 2.71. The molecule has 1 aliphatic rings. The van der Waals surface area contributed by atoms with Crippen LogP contribution in [0.25, 0.3) is 11.7 Å². The molecule has 35 heavy (non-hydrogen) atoms. The molecule has 1 saturated heterocycles. The minimum absolute atomic E-state index is 0.240. The molecule has 1 amide bonds. The monoisotopic (exact) mass is 502 g/mol. The summed E-state index contributed by atoms with van der Waals surface area (Å²) in [5.41, 5.74) is 2.64. The molecule has 0 atom stereocenters. The highest BCUT2D eigenvalue weighted by Gasteiger charge is 2.33. The van der Waals surface area contributed by atoms with E-state index in [1.54, 1.807) is 30.7 Å². The normalized spacial score (nSPS) is 14.9. The number of pyridine rings is 1. The Morgan fingerprint density at radius 3 is 2.66 bits per heavy atom. The third kappa shape index (κ3) is 4.52. The molecule has 0 radical (unpaired) electrons. The number of fused-ring (bicyclic) bond motifs is 1. The summed E-state index contributed by atoms with van der Waals surface area (Å²) in [5, 5.41) is 0. The van der Waals surface area contributed by atoms with Gasteiger partial charge in [0.2, 0.25) is 0 Å². The van der Waals surface area contributed by atoms with E-state index in [0.29, 0.717) is 38.6 Å². The van der Waals surface area contributed by atoms with Crippen LogP contribution >= 0.6 is 24.0 Å². The number of anilines is 1. The number of thioether (sulfide) groups is 1. The van der Waals surface area contributed by atoms with Crippen LogP contribution in [0, 0.1) is 6.92 Å². The molecule has 4 aromatic rings. The molecular weight excluding hydrogens is 480 g/mol. The highest BCUT2D eigenvalue weighted by atomic mass is 32.2. The van der Waals surface area contributed by atoms with Crippen molar-refractivity contribution in [3.8, 4) is 0 Å². The third-order valence-electron chi connectivity index (χ3n) is 5.73. The molecule has 0 saturated carbocycles. The molecule has 176 valence electrons. The maximum Gasteiger partial charge on any atom is 0.267 e. The minimum Gasteiger partial charge on any atom is -0.467 e. The number of hydrogen-bond acceptors (Lipinski definition) is 7. The van der Waals surface area contributed by atoms with Crippen molar-refractivity contribution < 1.29 is 9.21 Å². The van der Waals surface area contributed by atoms with E-state index in [-0.39, 0.29) is 18.0 Å². The number of rotatable bonds is 6. The van der Waals surface area contributed by atoms with E-state index >= 15 is 0 Å². The molecule has 0 spiro atoms. The zero-order valence-electron chi connectivity index (χ0n) is 19.2. The van der Waals surface area contributed by atoms with Gasteiger partial charge in [-0.2, -0.15) is 0 Å². The van der Waals surface area contributed by atoms with Crippen molar-refractivity contribution in [2.45, 2.75) is 20.0 Å². The topological polar surface area (TPSA) is 71.1 Å². The maximum atomic E-state index is 13.6. The van der Waals surface area contributed by atoms with Gasteiger partial charge in [0.1, 0.15) is 21.5 Å². The summed E-state index contributed by atoms with van der Waals surface area (Å²) in [7, 11) is 1.89. The number of aryl methyl sites for hydroxylation is 1. The summed E-state index contributed by atoms with van der Waals surface area (Å²) in [6.07, 6.45) is 4.86. The smallest absolute Gasteiger partial charge is 0.267 e. The van der Waals surface area contributed by atoms with Gasteiger partial charge in [-0.3, -0.25) is 18.9 Å². The average molecular weight is 503 g/mol. The van der Waals surface area contributed by atoms with Crippen molar-refractivity contribution in [2.24, 2.45) is 0 Å². The number of benzene rings is 1. The molecule has 9 heteroatoms. The van der Waals surface area contributed by atoms with Crippen LogP contribution in [0.2, 0.25) is 0 Å². The molecule has 1 aliphatic heterocycles. The Kier molecular flexibility index (Phi) is 6.27. The van der Waals surface area contributed by atoms with E-state index in [9.17, 15) is 9.59 Å². The number of aromatic nitrogens is 2. The first kappa shape index (κ1) is 23.1. The van der Waals surface area contributed by atoms with E-state index in [0.717, 1.165) is 11.1 Å². The molecule has 4 heterocycles. The predicted octanol–water partition coefficient (Wildman–Crippen LogP) is 4.63. The van der Waals surface area contributed by atoms with Gasteiger partial charge in [0.25, 0.3) is 11.5 Å². The first-order chi connectivity index (χ1) is 16.9. The Hall–Kier alpha value is -3.69. The Morgan fingerprint density at radius 1 is 1.11 bits per heavy atom. The van der Waals surface area contributed by atoms with Crippen LogP contribution in [0.3, 0.4) is 0 Å². The number of hydrogen-bond donors (Lipinski definition) is 0. The molecule has 1 fully saturated rings. The zero-order valence-corrected chi connectivity index (χ0v) is 20.8. The van der Waals surface area contributed by atoms with Gasteiger partial charge in [-0.05, 0) is 42.3 Å². The fourth-order valence-electron chi connectivity index (χ4n) is 3.98. The van der Waals surface area contributed by atoms with Crippen molar-refractivity contribution in [2.75, 3.05) is 11.9 Å². The van der Waals surface area contributed by atoms with Crippen molar-refractivity contribution >= 4 is 51.7 Å². The van der Waals surface area contributed by atoms with Gasteiger partial charge < -0.3 is 9.32 Å². The van der Waals surface area contributed by atoms with Crippen LogP contribution in [0.5, 0.6) is 0 Å². The number of carbonyl (C=O) groups is 1. The fourth-order valence-corrected chi connectivity index (χ4v) is 5.21. The minimum atomic E-state index is -0.262. The highest BCUT2D eigenvalue weighted by molar-refractivity contribution is 8.26. The number of thiocarbonyl (C=S) groups is 1. The first-order valence-corrected chi connectivity index (χ1v) is 12.2. The van der Waals surface area contributed by atoms with Crippen molar-refractivity contribution in [1.29, 1.82) is 0 Å². The summed E-state index contributed by atoms with van der Waals surface area (Å²) in [6, 6.07) is 17.2. The second-order valence-electron chi connectivity index (χ2n) is 8.23. The molecule has 5 rings (SSSR count). The lowest BCUT2D eigenvalue weighted by Gasteiger charge is -2.21. The number of furan rings is 1. The van der Waals surface area contributed by atoms with Gasteiger partial charge in [-0.1, -0.05) is 60.4 Å². The SMILES string of the molecule is Cc1cccn2c(=O)c(/C=C3/SC(=S)N(Cc4ccco4)C3=O)c(N(C)Cc3ccccc3)nc12. The third-order valence-corrected chi connectivity index (χ3v) is 7.11. The van der Waals surface area contributed by atoms with E-state index in [4.69, 9.17) is 21.6 Å². The molecule has 0 N–H and O–H groups in total. The Bertz CT molecular complexity index is 1510. The summed E-state index contributed by atoms with van der Waals surface area (Å²) in [4.78, 5) is 35.5. The van der Waals surface area contributed by atoms with E-state index in [2.05, 4.69) is 0 Å². The molecule has 3 aromatic heterocycles. The Morgan fingerprint density at radius 2 is 1.91 bits per heavy atom. The van der Waals surface area contributed by atoms with Crippen LogP contribution in [0.1, 0.15) is 22.5 Å². The summed E-state index contributed by atoms with van der Waals surface area (Å²) in [5.74, 6) is 0.875. The molecule has 0 aliphatic carbocycles. The molecule has 1 aromatic carbocycles. The fraction of sp³-hybridized carbons (Fsp3) is 0.154. The maximum absolute atomic E-state index is 13.6. The van der Waals surface area contributed by atoms with E-state index in [1.165, 1.54) is 21.1 Å². The lowest BCUT2D eigenvalue weighted by atomic mass is 10.2. The summed E-state index contributed by atoms with van der Waals surface area (Å²) >= 11 is 6.63. The molecule has 0 bridgehead atoms. The number of carbonyl (C=O) groups excluding carboxylic acids is 1. The average Bonchev–Trinajstić information content (AvgIpc) is 3.46. The standard InChI is InChI=1S/C26H22N4O3S2/c1-17-8-6-12-29-22(17)27-23(28(2)15-18-9-4-3-5-10-18)20(24(29)31)14-21-25(32)30(26(34)35-21)16-19-11-7-13-33-19/h3-14H,15-16H2,1-2H3/b21-14+. The largest absolute Gasteiger partial charge is 0.467 e. The van der Waals surface area contributed by atoms with Crippen molar-refractivity contribution in [3.63, 3.8) is 0 Å². The van der Waals surface area contributed by atoms with Gasteiger partial charge >= 0.3 is 0 Å². The van der Waals surface area contributed by atoms with Crippen LogP contribution in [-0.4, -0.2) is 31.6 Å². The van der Waals surface area contributed by atoms with Gasteiger partial charge in [0.15, 0.2) is 0 Å². The van der Waals surface area contributed by atoms with E-state index in [1.807, 2.05) is 61.3 Å². The summed E-state index contributed by atoms with van der Waals surface area (Å²) < 4.78 is 7.32. The van der Waals surface area contributed by atoms with Gasteiger partial charge in [-0.25, -0.2) is 4.98 Å². The zero-order chi connectivity index (χ0) is 24.5. The predicted molar refractivity (Wildman–Crippen MR) is 142 cm³/mol. The lowest BCUT2D eigenvalue weighted by molar-refractivity contribution is -0.122. The van der Waals surface area contributed by atoms with Crippen molar-refractivity contribution in [1.82, 2.24) is 14.3 Å². The molecule has 7 nitrogen and oxygen atoms in total. The number of amides is 1. The second-order valence-corrected chi connectivity index (χ2v) is 9.90. The van der Waals surface area contributed by atoms with Crippen LogP contribution in [0.4, 0.5) is 5.82 Å². The van der Waals surface area contributed by atoms with Gasteiger partial charge in [-0.15, -0.1) is 0 Å².